The zero-order chi connectivity index (χ0) is 12.4. The van der Waals surface area contributed by atoms with Gasteiger partial charge >= 0.3 is 11.0 Å². The van der Waals surface area contributed by atoms with E-state index in [9.17, 15) is 8.42 Å². The molecule has 0 saturated carbocycles. The van der Waals surface area contributed by atoms with Gasteiger partial charge < -0.3 is 0 Å². The van der Waals surface area contributed by atoms with Crippen molar-refractivity contribution in [2.24, 2.45) is 5.16 Å². The lowest BCUT2D eigenvalue weighted by atomic mass is 10.1. The molecule has 0 rings (SSSR count). The van der Waals surface area contributed by atoms with E-state index in [4.69, 9.17) is 5.26 Å². The minimum atomic E-state index is -3.12. The molecule has 0 unspecified atom stereocenters. The number of nitriles is 1. The average Bonchev–Trinajstić information content (AvgIpc) is 2.26. The molecule has 0 aliphatic carbocycles. The Morgan fingerprint density at radius 1 is 1.38 bits per heavy atom. The quantitative estimate of drug-likeness (QED) is 0.327. The number of oxime groups is 1. The molecule has 84 valence electrons. The normalized spacial score (nSPS) is 12.5. The first-order valence-corrected chi connectivity index (χ1v) is 5.17. The molecule has 0 aliphatic rings. The van der Waals surface area contributed by atoms with Crippen LogP contribution in [0.2, 0.25) is 0 Å². The van der Waals surface area contributed by atoms with Crippen LogP contribution in [0.4, 0.5) is 0 Å². The molecule has 6 heteroatoms. The van der Waals surface area contributed by atoms with Gasteiger partial charge in [0.1, 0.15) is 6.07 Å². The second kappa shape index (κ2) is 8.20. The summed E-state index contributed by atoms with van der Waals surface area (Å²) >= 11 is 0. The lowest BCUT2D eigenvalue weighted by Gasteiger charge is -1.95. The maximum Gasteiger partial charge on any atom is 0.318 e. The molecular formula is C10H10N2O3S. The summed E-state index contributed by atoms with van der Waals surface area (Å²) in [6, 6.07) is 1.71. The largest absolute Gasteiger partial charge is 0.318 e. The fourth-order valence-corrected chi connectivity index (χ4v) is 0.872. The van der Waals surface area contributed by atoms with Crippen LogP contribution in [0.5, 0.6) is 0 Å². The van der Waals surface area contributed by atoms with Gasteiger partial charge in [0.2, 0.25) is 0 Å². The van der Waals surface area contributed by atoms with Crippen molar-refractivity contribution in [3.05, 3.63) is 49.1 Å². The third-order valence-electron chi connectivity index (χ3n) is 1.29. The second-order valence-electron chi connectivity index (χ2n) is 2.31. The summed E-state index contributed by atoms with van der Waals surface area (Å²) in [6.07, 6.45) is 7.52. The maximum atomic E-state index is 10.1. The summed E-state index contributed by atoms with van der Waals surface area (Å²) in [5, 5.41) is 11.9. The molecule has 0 spiro atoms. The average molecular weight is 238 g/mol. The molecule has 0 aromatic heterocycles. The number of hydrogen-bond donors (Lipinski definition) is 1. The fourth-order valence-electron chi connectivity index (χ4n) is 0.724. The molecule has 0 fully saturated rings. The lowest BCUT2D eigenvalue weighted by Crippen LogP contribution is -1.98. The van der Waals surface area contributed by atoms with Crippen molar-refractivity contribution in [1.82, 2.24) is 0 Å². The summed E-state index contributed by atoms with van der Waals surface area (Å²) in [4.78, 5) is 0. The first-order chi connectivity index (χ1) is 7.65. The highest BCUT2D eigenvalue weighted by Crippen LogP contribution is 2.02. The van der Waals surface area contributed by atoms with Gasteiger partial charge in [-0.05, 0) is 0 Å². The molecule has 0 aromatic rings. The minimum absolute atomic E-state index is 0.169. The van der Waals surface area contributed by atoms with E-state index in [1.54, 1.807) is 12.1 Å². The van der Waals surface area contributed by atoms with Crippen LogP contribution in [0.15, 0.2) is 54.3 Å². The van der Waals surface area contributed by atoms with Crippen molar-refractivity contribution in [3.63, 3.8) is 0 Å². The van der Waals surface area contributed by atoms with Gasteiger partial charge in [0.25, 0.3) is 0 Å². The Bertz CT molecular complexity index is 457. The molecular weight excluding hydrogens is 228 g/mol. The number of rotatable bonds is 6. The van der Waals surface area contributed by atoms with E-state index in [1.807, 2.05) is 0 Å². The summed E-state index contributed by atoms with van der Waals surface area (Å²) in [5.41, 5.74) is 0.200. The van der Waals surface area contributed by atoms with Gasteiger partial charge in [-0.15, -0.1) is 0 Å². The Morgan fingerprint density at radius 2 is 2.06 bits per heavy atom. The molecule has 0 saturated heterocycles. The summed E-state index contributed by atoms with van der Waals surface area (Å²) < 4.78 is 24.3. The molecule has 0 heterocycles. The van der Waals surface area contributed by atoms with E-state index in [2.05, 4.69) is 22.6 Å². The van der Waals surface area contributed by atoms with Crippen molar-refractivity contribution in [3.8, 4) is 6.07 Å². The van der Waals surface area contributed by atoms with Gasteiger partial charge in [-0.25, -0.2) is 0 Å². The summed E-state index contributed by atoms with van der Waals surface area (Å²) in [7, 11) is -3.12. The van der Waals surface area contributed by atoms with Crippen LogP contribution in [0.1, 0.15) is 0 Å². The monoisotopic (exact) mass is 238 g/mol. The molecule has 0 N–H and O–H groups in total. The van der Waals surface area contributed by atoms with Crippen LogP contribution >= 0.6 is 0 Å². The standard InChI is InChI=1S/C10H10N2O3S/c1-3-5-7-9(6-4-2)10(8-11)12-15-16(13)14/h3-7,16H,1-2H2/b7-5-,9-6+,12-10+. The van der Waals surface area contributed by atoms with Crippen molar-refractivity contribution >= 4 is 16.7 Å². The molecule has 0 bridgehead atoms. The van der Waals surface area contributed by atoms with Gasteiger partial charge in [-0.2, -0.15) is 13.7 Å². The van der Waals surface area contributed by atoms with E-state index in [1.165, 1.54) is 24.3 Å². The van der Waals surface area contributed by atoms with E-state index < -0.39 is 11.0 Å². The highest BCUT2D eigenvalue weighted by atomic mass is 32.2. The predicted molar refractivity (Wildman–Crippen MR) is 62.1 cm³/mol. The molecule has 0 atom stereocenters. The fraction of sp³-hybridized carbons (Fsp3) is 0. The van der Waals surface area contributed by atoms with Crippen LogP contribution in [0, 0.1) is 11.3 Å². The molecule has 0 amide bonds. The van der Waals surface area contributed by atoms with E-state index >= 15 is 0 Å². The van der Waals surface area contributed by atoms with Gasteiger partial charge in [0, 0.05) is 5.57 Å². The van der Waals surface area contributed by atoms with Crippen LogP contribution in [0.25, 0.3) is 0 Å². The Balaban J connectivity index is 5.16. The Hall–Kier alpha value is -2.13. The zero-order valence-corrected chi connectivity index (χ0v) is 9.26. The molecule has 5 nitrogen and oxygen atoms in total. The van der Waals surface area contributed by atoms with Crippen molar-refractivity contribution < 1.29 is 12.7 Å². The number of hydrogen-bond acceptors (Lipinski definition) is 5. The summed E-state index contributed by atoms with van der Waals surface area (Å²) in [5.74, 6) is 0. The van der Waals surface area contributed by atoms with Crippen molar-refractivity contribution in [2.45, 2.75) is 0 Å². The highest BCUT2D eigenvalue weighted by Gasteiger charge is 2.03. The van der Waals surface area contributed by atoms with E-state index in [0.29, 0.717) is 5.57 Å². The Morgan fingerprint density at radius 3 is 2.50 bits per heavy atom. The second-order valence-corrected chi connectivity index (χ2v) is 2.92. The third kappa shape index (κ3) is 5.57. The molecule has 0 radical (unpaired) electrons. The first kappa shape index (κ1) is 13.9. The summed E-state index contributed by atoms with van der Waals surface area (Å²) in [6.45, 7) is 6.92. The SMILES string of the molecule is C=C\C=C/C(=C\C=C)C(/C#N)=N/O[SH](=O)=O. The molecule has 16 heavy (non-hydrogen) atoms. The predicted octanol–water partition coefficient (Wildman–Crippen LogP) is 1.26. The Labute approximate surface area is 95.5 Å². The van der Waals surface area contributed by atoms with Crippen LogP contribution in [-0.2, 0) is 15.3 Å². The van der Waals surface area contributed by atoms with Gasteiger partial charge in [0.05, 0.1) is 0 Å². The van der Waals surface area contributed by atoms with Crippen molar-refractivity contribution in [2.75, 3.05) is 0 Å². The third-order valence-corrected chi connectivity index (χ3v) is 1.50. The van der Waals surface area contributed by atoms with Gasteiger partial charge in [-0.1, -0.05) is 48.7 Å². The minimum Gasteiger partial charge on any atom is -0.269 e. The van der Waals surface area contributed by atoms with Crippen molar-refractivity contribution in [1.29, 1.82) is 5.26 Å². The molecule has 0 aliphatic heterocycles. The number of thiol groups is 1. The highest BCUT2D eigenvalue weighted by molar-refractivity contribution is 7.67. The van der Waals surface area contributed by atoms with Crippen LogP contribution in [0.3, 0.4) is 0 Å². The van der Waals surface area contributed by atoms with Gasteiger partial charge in [-0.3, -0.25) is 4.28 Å². The van der Waals surface area contributed by atoms with E-state index in [-0.39, 0.29) is 5.71 Å². The first-order valence-electron chi connectivity index (χ1n) is 4.07. The van der Waals surface area contributed by atoms with Gasteiger partial charge in [0.15, 0.2) is 5.71 Å². The van der Waals surface area contributed by atoms with Crippen LogP contribution in [-0.4, -0.2) is 14.1 Å². The van der Waals surface area contributed by atoms with Crippen LogP contribution < -0.4 is 0 Å². The number of allylic oxidation sites excluding steroid dienone is 6. The molecule has 0 aromatic carbocycles. The lowest BCUT2D eigenvalue weighted by molar-refractivity contribution is 0.357. The smallest absolute Gasteiger partial charge is 0.269 e. The topological polar surface area (TPSA) is 79.5 Å². The zero-order valence-electron chi connectivity index (χ0n) is 8.37. The maximum absolute atomic E-state index is 10.1. The Kier molecular flexibility index (Phi) is 7.11. The van der Waals surface area contributed by atoms with E-state index in [0.717, 1.165) is 0 Å². The number of nitrogens with zero attached hydrogens (tertiary/aromatic N) is 2.